The van der Waals surface area contributed by atoms with Gasteiger partial charge in [-0.3, -0.25) is 14.4 Å². The minimum absolute atomic E-state index is 0.255. The summed E-state index contributed by atoms with van der Waals surface area (Å²) in [5.41, 5.74) is 6.84. The van der Waals surface area contributed by atoms with E-state index >= 15 is 0 Å². The van der Waals surface area contributed by atoms with Crippen LogP contribution in [-0.2, 0) is 11.2 Å². The van der Waals surface area contributed by atoms with Crippen LogP contribution >= 0.6 is 0 Å². The topological polar surface area (TPSA) is 54.5 Å². The summed E-state index contributed by atoms with van der Waals surface area (Å²) < 4.78 is 0. The van der Waals surface area contributed by atoms with Crippen LogP contribution in [0.25, 0.3) is 22.3 Å². The highest BCUT2D eigenvalue weighted by Crippen LogP contribution is 2.43. The summed E-state index contributed by atoms with van der Waals surface area (Å²) in [6, 6.07) is 19.4. The predicted octanol–water partition coefficient (Wildman–Crippen LogP) is 4.23. The zero-order chi connectivity index (χ0) is 19.4. The molecule has 5 rings (SSSR count). The summed E-state index contributed by atoms with van der Waals surface area (Å²) in [5, 5.41) is 0. The maximum Gasteiger partial charge on any atom is 0.269 e. The van der Waals surface area contributed by atoms with Gasteiger partial charge in [0.25, 0.3) is 17.7 Å². The number of benzene rings is 3. The number of rotatable bonds is 2. The van der Waals surface area contributed by atoms with Crippen LogP contribution in [0, 0.1) is 0 Å². The van der Waals surface area contributed by atoms with Crippen molar-refractivity contribution in [3.63, 3.8) is 0 Å². The van der Waals surface area contributed by atoms with Gasteiger partial charge < -0.3 is 0 Å². The highest BCUT2D eigenvalue weighted by molar-refractivity contribution is 6.32. The molecule has 3 aromatic carbocycles. The maximum atomic E-state index is 13.0. The van der Waals surface area contributed by atoms with Crippen molar-refractivity contribution in [1.29, 1.82) is 0 Å². The van der Waals surface area contributed by atoms with Crippen LogP contribution in [0.2, 0.25) is 0 Å². The molecule has 1 aliphatic carbocycles. The third-order valence-electron chi connectivity index (χ3n) is 5.45. The summed E-state index contributed by atoms with van der Waals surface area (Å²) in [4.78, 5) is 38.3. The minimum Gasteiger partial charge on any atom is -0.269 e. The Morgan fingerprint density at radius 1 is 0.786 bits per heavy atom. The van der Waals surface area contributed by atoms with E-state index in [4.69, 9.17) is 0 Å². The highest BCUT2D eigenvalue weighted by Gasteiger charge is 2.41. The van der Waals surface area contributed by atoms with Gasteiger partial charge in [-0.05, 0) is 51.9 Å². The largest absolute Gasteiger partial charge is 0.269 e. The van der Waals surface area contributed by atoms with E-state index in [1.54, 1.807) is 12.1 Å². The Morgan fingerprint density at radius 2 is 1.39 bits per heavy atom. The number of hydrogen-bond acceptors (Lipinski definition) is 3. The van der Waals surface area contributed by atoms with Gasteiger partial charge in [-0.15, -0.1) is 0 Å². The molecular formula is C24H15NO3. The number of carbonyl (C=O) groups is 3. The van der Waals surface area contributed by atoms with E-state index in [0.717, 1.165) is 29.2 Å². The molecule has 3 aromatic rings. The molecule has 0 fully saturated rings. The van der Waals surface area contributed by atoms with Gasteiger partial charge in [-0.1, -0.05) is 61.2 Å². The van der Waals surface area contributed by atoms with Gasteiger partial charge >= 0.3 is 0 Å². The maximum absolute atomic E-state index is 13.0. The van der Waals surface area contributed by atoms with Crippen molar-refractivity contribution in [2.75, 3.05) is 0 Å². The lowest BCUT2D eigenvalue weighted by atomic mass is 9.91. The van der Waals surface area contributed by atoms with Gasteiger partial charge in [0.05, 0.1) is 11.1 Å². The molecule has 0 spiro atoms. The molecule has 2 aliphatic rings. The van der Waals surface area contributed by atoms with E-state index in [0.29, 0.717) is 10.5 Å². The Labute approximate surface area is 161 Å². The number of nitrogens with zero attached hydrogens (tertiary/aromatic N) is 1. The van der Waals surface area contributed by atoms with E-state index in [9.17, 15) is 14.4 Å². The summed E-state index contributed by atoms with van der Waals surface area (Å²) in [5.74, 6) is -1.89. The normalized spacial score (nSPS) is 13.9. The lowest BCUT2D eigenvalue weighted by molar-refractivity contribution is -0.121. The summed E-state index contributed by atoms with van der Waals surface area (Å²) in [6.45, 7) is 3.39. The van der Waals surface area contributed by atoms with Crippen LogP contribution in [0.3, 0.4) is 0 Å². The lowest BCUT2D eigenvalue weighted by Gasteiger charge is -2.12. The first-order valence-corrected chi connectivity index (χ1v) is 9.00. The SMILES string of the molecule is C=CC(=O)N1C(=O)c2cccc(-c3cccc4c3Cc3ccccc3-4)c2C1=O. The average Bonchev–Trinajstić information content (AvgIpc) is 3.23. The van der Waals surface area contributed by atoms with Crippen molar-refractivity contribution in [3.05, 3.63) is 95.6 Å². The minimum atomic E-state index is -0.706. The molecule has 3 amide bonds. The van der Waals surface area contributed by atoms with Crippen LogP contribution in [0.5, 0.6) is 0 Å². The number of imide groups is 3. The van der Waals surface area contributed by atoms with Crippen molar-refractivity contribution in [1.82, 2.24) is 4.90 Å². The molecule has 1 heterocycles. The smallest absolute Gasteiger partial charge is 0.269 e. The first-order chi connectivity index (χ1) is 13.6. The molecule has 28 heavy (non-hydrogen) atoms. The van der Waals surface area contributed by atoms with Crippen molar-refractivity contribution in [3.8, 4) is 22.3 Å². The van der Waals surface area contributed by atoms with Crippen LogP contribution in [-0.4, -0.2) is 22.6 Å². The molecule has 0 N–H and O–H groups in total. The number of fused-ring (bicyclic) bond motifs is 4. The van der Waals surface area contributed by atoms with Crippen molar-refractivity contribution in [2.45, 2.75) is 6.42 Å². The Balaban J connectivity index is 1.72. The van der Waals surface area contributed by atoms with Crippen LogP contribution < -0.4 is 0 Å². The van der Waals surface area contributed by atoms with Gasteiger partial charge in [0.1, 0.15) is 0 Å². The number of amides is 3. The van der Waals surface area contributed by atoms with E-state index in [-0.39, 0.29) is 11.1 Å². The molecule has 0 aromatic heterocycles. The lowest BCUT2D eigenvalue weighted by Crippen LogP contribution is -2.34. The first kappa shape index (κ1) is 16.4. The molecule has 1 aliphatic heterocycles. The number of hydrogen-bond donors (Lipinski definition) is 0. The Hall–Kier alpha value is -3.79. The van der Waals surface area contributed by atoms with E-state index in [1.807, 2.05) is 30.3 Å². The molecular weight excluding hydrogens is 350 g/mol. The molecule has 0 radical (unpaired) electrons. The fourth-order valence-electron chi connectivity index (χ4n) is 4.21. The predicted molar refractivity (Wildman–Crippen MR) is 106 cm³/mol. The van der Waals surface area contributed by atoms with Gasteiger partial charge in [0.15, 0.2) is 0 Å². The standard InChI is InChI=1S/C24H15NO3/c1-2-21(26)25-23(27)19-12-6-11-18(22(19)24(25)28)17-10-5-9-16-15-8-4-3-7-14(15)13-20(16)17/h2-12H,1,13H2. The quantitative estimate of drug-likeness (QED) is 0.394. The second-order valence-electron chi connectivity index (χ2n) is 6.88. The molecule has 4 heteroatoms. The summed E-state index contributed by atoms with van der Waals surface area (Å²) in [7, 11) is 0. The Bertz CT molecular complexity index is 1220. The zero-order valence-corrected chi connectivity index (χ0v) is 14.9. The van der Waals surface area contributed by atoms with Crippen LogP contribution in [0.4, 0.5) is 0 Å². The van der Waals surface area contributed by atoms with Crippen molar-refractivity contribution >= 4 is 17.7 Å². The van der Waals surface area contributed by atoms with E-state index < -0.39 is 17.7 Å². The van der Waals surface area contributed by atoms with Crippen LogP contribution in [0.1, 0.15) is 31.8 Å². The molecule has 0 atom stereocenters. The zero-order valence-electron chi connectivity index (χ0n) is 14.9. The Kier molecular flexibility index (Phi) is 3.43. The fourth-order valence-corrected chi connectivity index (χ4v) is 4.21. The van der Waals surface area contributed by atoms with Crippen molar-refractivity contribution < 1.29 is 14.4 Å². The second kappa shape index (κ2) is 5.86. The molecule has 4 nitrogen and oxygen atoms in total. The molecule has 0 unspecified atom stereocenters. The molecule has 0 saturated carbocycles. The van der Waals surface area contributed by atoms with E-state index in [2.05, 4.69) is 24.8 Å². The van der Waals surface area contributed by atoms with Crippen molar-refractivity contribution in [2.24, 2.45) is 0 Å². The second-order valence-corrected chi connectivity index (χ2v) is 6.88. The first-order valence-electron chi connectivity index (χ1n) is 9.00. The van der Waals surface area contributed by atoms with E-state index in [1.165, 1.54) is 11.1 Å². The summed E-state index contributed by atoms with van der Waals surface area (Å²) >= 11 is 0. The average molecular weight is 365 g/mol. The third kappa shape index (κ3) is 2.09. The van der Waals surface area contributed by atoms with Gasteiger partial charge in [0.2, 0.25) is 0 Å². The fraction of sp³-hybridized carbons (Fsp3) is 0.0417. The van der Waals surface area contributed by atoms with Gasteiger partial charge in [-0.25, -0.2) is 4.90 Å². The van der Waals surface area contributed by atoms with Crippen LogP contribution in [0.15, 0.2) is 73.3 Å². The van der Waals surface area contributed by atoms with Gasteiger partial charge in [0, 0.05) is 0 Å². The Morgan fingerprint density at radius 3 is 2.14 bits per heavy atom. The third-order valence-corrected chi connectivity index (χ3v) is 5.45. The molecule has 134 valence electrons. The summed E-state index contributed by atoms with van der Waals surface area (Å²) in [6.07, 6.45) is 1.75. The number of carbonyl (C=O) groups excluding carboxylic acids is 3. The molecule has 0 saturated heterocycles. The highest BCUT2D eigenvalue weighted by atomic mass is 16.2. The molecule has 0 bridgehead atoms. The monoisotopic (exact) mass is 365 g/mol. The van der Waals surface area contributed by atoms with Gasteiger partial charge in [-0.2, -0.15) is 0 Å².